The predicted molar refractivity (Wildman–Crippen MR) is 138 cm³/mol. The summed E-state index contributed by atoms with van der Waals surface area (Å²) < 4.78 is 12.0. The van der Waals surface area contributed by atoms with Gasteiger partial charge < -0.3 is 9.47 Å². The lowest BCUT2D eigenvalue weighted by Gasteiger charge is -2.17. The summed E-state index contributed by atoms with van der Waals surface area (Å²) in [5.41, 5.74) is 1.24. The van der Waals surface area contributed by atoms with Gasteiger partial charge in [0, 0.05) is 6.61 Å². The van der Waals surface area contributed by atoms with E-state index >= 15 is 0 Å². The Morgan fingerprint density at radius 3 is 1.68 bits per heavy atom. The summed E-state index contributed by atoms with van der Waals surface area (Å²) in [5, 5.41) is 0. The van der Waals surface area contributed by atoms with Gasteiger partial charge in [0.15, 0.2) is 0 Å². The van der Waals surface area contributed by atoms with Crippen LogP contribution < -0.4 is 0 Å². The van der Waals surface area contributed by atoms with Crippen LogP contribution in [0.15, 0.2) is 30.3 Å². The summed E-state index contributed by atoms with van der Waals surface area (Å²) >= 11 is 0. The zero-order valence-electron chi connectivity index (χ0n) is 21.5. The second kappa shape index (κ2) is 25.4. The van der Waals surface area contributed by atoms with Gasteiger partial charge in [-0.2, -0.15) is 0 Å². The lowest BCUT2D eigenvalue weighted by atomic mass is 10.0. The molecule has 0 aliphatic heterocycles. The first-order valence-electron chi connectivity index (χ1n) is 13.6. The first-order chi connectivity index (χ1) is 15.4. The monoisotopic (exact) mass is 434 g/mol. The van der Waals surface area contributed by atoms with Crippen LogP contribution in [0.5, 0.6) is 0 Å². The zero-order chi connectivity index (χ0) is 22.8. The third kappa shape index (κ3) is 20.8. The molecule has 2 heteroatoms. The van der Waals surface area contributed by atoms with E-state index in [1.54, 1.807) is 0 Å². The average Bonchev–Trinajstić information content (AvgIpc) is 2.82. The Kier molecular flexibility index (Phi) is 24.7. The molecule has 1 aromatic rings. The number of ether oxygens (including phenoxy) is 2. The van der Waals surface area contributed by atoms with Crippen LogP contribution in [-0.4, -0.2) is 19.3 Å². The molecule has 0 saturated heterocycles. The van der Waals surface area contributed by atoms with Crippen LogP contribution in [0, 0.1) is 0 Å². The van der Waals surface area contributed by atoms with Crippen LogP contribution in [0.1, 0.15) is 130 Å². The molecule has 0 aliphatic carbocycles. The molecule has 0 fully saturated rings. The van der Waals surface area contributed by atoms with Gasteiger partial charge in [-0.15, -0.1) is 0 Å². The number of rotatable bonds is 21. The highest BCUT2D eigenvalue weighted by Gasteiger charge is 2.08. The lowest BCUT2D eigenvalue weighted by molar-refractivity contribution is -0.0295. The second-order valence-corrected chi connectivity index (χ2v) is 8.52. The molecule has 182 valence electrons. The molecule has 1 rings (SSSR count). The maximum absolute atomic E-state index is 6.06. The molecule has 0 radical (unpaired) electrons. The van der Waals surface area contributed by atoms with E-state index in [1.165, 1.54) is 89.0 Å². The van der Waals surface area contributed by atoms with Gasteiger partial charge in [-0.3, -0.25) is 0 Å². The molecular weight excluding hydrogens is 380 g/mol. The number of hydrogen-bond donors (Lipinski definition) is 0. The van der Waals surface area contributed by atoms with Crippen molar-refractivity contribution in [1.29, 1.82) is 0 Å². The summed E-state index contributed by atoms with van der Waals surface area (Å²) in [5.74, 6) is 0. The van der Waals surface area contributed by atoms with E-state index in [-0.39, 0.29) is 6.10 Å². The fourth-order valence-electron chi connectivity index (χ4n) is 3.76. The molecule has 0 bridgehead atoms. The molecular formula is C29H54O2. The molecule has 0 aromatic heterocycles. The Balaban J connectivity index is 0.00000436. The van der Waals surface area contributed by atoms with E-state index in [2.05, 4.69) is 38.1 Å². The summed E-state index contributed by atoms with van der Waals surface area (Å²) in [4.78, 5) is 0. The van der Waals surface area contributed by atoms with Crippen LogP contribution >= 0.6 is 0 Å². The highest BCUT2D eigenvalue weighted by atomic mass is 16.5. The minimum atomic E-state index is 0.224. The summed E-state index contributed by atoms with van der Waals surface area (Å²) in [6.45, 7) is 10.8. The zero-order valence-corrected chi connectivity index (χ0v) is 21.5. The Labute approximate surface area is 195 Å². The van der Waals surface area contributed by atoms with E-state index in [9.17, 15) is 0 Å². The maximum Gasteiger partial charge on any atom is 0.0812 e. The molecule has 1 atom stereocenters. The molecule has 1 unspecified atom stereocenters. The SMILES string of the molecule is CC.CCCCCCCCCCCCCCCOCC(CCC)OCc1ccccc1. The van der Waals surface area contributed by atoms with Gasteiger partial charge >= 0.3 is 0 Å². The minimum Gasteiger partial charge on any atom is -0.379 e. The Hall–Kier alpha value is -0.860. The van der Waals surface area contributed by atoms with Crippen LogP contribution in [0.2, 0.25) is 0 Å². The molecule has 0 aliphatic rings. The normalized spacial score (nSPS) is 11.7. The first-order valence-corrected chi connectivity index (χ1v) is 13.6. The molecule has 1 aromatic carbocycles. The predicted octanol–water partition coefficient (Wildman–Crippen LogP) is 9.51. The van der Waals surface area contributed by atoms with Crippen molar-refractivity contribution in [2.75, 3.05) is 13.2 Å². The van der Waals surface area contributed by atoms with E-state index in [1.807, 2.05) is 19.9 Å². The van der Waals surface area contributed by atoms with Crippen molar-refractivity contribution in [3.05, 3.63) is 35.9 Å². The number of benzene rings is 1. The van der Waals surface area contributed by atoms with Gasteiger partial charge in [-0.1, -0.05) is 141 Å². The Morgan fingerprint density at radius 1 is 0.645 bits per heavy atom. The summed E-state index contributed by atoms with van der Waals surface area (Å²) in [7, 11) is 0. The molecule has 0 heterocycles. The lowest BCUT2D eigenvalue weighted by Crippen LogP contribution is -2.20. The van der Waals surface area contributed by atoms with Gasteiger partial charge in [0.1, 0.15) is 0 Å². The van der Waals surface area contributed by atoms with Crippen LogP contribution in [0.25, 0.3) is 0 Å². The van der Waals surface area contributed by atoms with Gasteiger partial charge in [-0.05, 0) is 18.4 Å². The van der Waals surface area contributed by atoms with Crippen molar-refractivity contribution in [3.63, 3.8) is 0 Å². The topological polar surface area (TPSA) is 18.5 Å². The average molecular weight is 435 g/mol. The molecule has 0 N–H and O–H groups in total. The van der Waals surface area contributed by atoms with Crippen molar-refractivity contribution in [3.8, 4) is 0 Å². The van der Waals surface area contributed by atoms with Crippen LogP contribution in [-0.2, 0) is 16.1 Å². The number of unbranched alkanes of at least 4 members (excludes halogenated alkanes) is 12. The smallest absolute Gasteiger partial charge is 0.0812 e. The Morgan fingerprint density at radius 2 is 1.16 bits per heavy atom. The largest absolute Gasteiger partial charge is 0.379 e. The van der Waals surface area contributed by atoms with Gasteiger partial charge in [0.2, 0.25) is 0 Å². The Bertz CT molecular complexity index is 432. The molecule has 0 spiro atoms. The van der Waals surface area contributed by atoms with E-state index in [0.717, 1.165) is 26.1 Å². The van der Waals surface area contributed by atoms with Crippen LogP contribution in [0.4, 0.5) is 0 Å². The molecule has 31 heavy (non-hydrogen) atoms. The first kappa shape index (κ1) is 30.1. The molecule has 0 amide bonds. The van der Waals surface area contributed by atoms with Gasteiger partial charge in [0.25, 0.3) is 0 Å². The number of hydrogen-bond acceptors (Lipinski definition) is 2. The maximum atomic E-state index is 6.06. The molecule has 2 nitrogen and oxygen atoms in total. The molecule has 0 saturated carbocycles. The highest BCUT2D eigenvalue weighted by molar-refractivity contribution is 5.13. The van der Waals surface area contributed by atoms with Crippen molar-refractivity contribution in [2.45, 2.75) is 137 Å². The second-order valence-electron chi connectivity index (χ2n) is 8.52. The summed E-state index contributed by atoms with van der Waals surface area (Å²) in [6.07, 6.45) is 20.5. The van der Waals surface area contributed by atoms with Gasteiger partial charge in [-0.25, -0.2) is 0 Å². The standard InChI is InChI=1S/C27H48O2.C2H6/c1-3-5-6-7-8-9-10-11-12-13-14-15-19-23-28-25-27(20-4-2)29-24-26-21-17-16-18-22-26;1-2/h16-18,21-22,27H,3-15,19-20,23-25H2,1-2H3;1-2H3. The third-order valence-electron chi connectivity index (χ3n) is 5.64. The van der Waals surface area contributed by atoms with Crippen molar-refractivity contribution >= 4 is 0 Å². The van der Waals surface area contributed by atoms with Crippen molar-refractivity contribution < 1.29 is 9.47 Å². The van der Waals surface area contributed by atoms with E-state index < -0.39 is 0 Å². The summed E-state index contributed by atoms with van der Waals surface area (Å²) in [6, 6.07) is 10.4. The van der Waals surface area contributed by atoms with E-state index in [4.69, 9.17) is 9.47 Å². The van der Waals surface area contributed by atoms with Crippen molar-refractivity contribution in [2.24, 2.45) is 0 Å². The van der Waals surface area contributed by atoms with Gasteiger partial charge in [0.05, 0.1) is 19.3 Å². The van der Waals surface area contributed by atoms with Crippen LogP contribution in [0.3, 0.4) is 0 Å². The quantitative estimate of drug-likeness (QED) is 0.179. The van der Waals surface area contributed by atoms with E-state index in [0.29, 0.717) is 6.61 Å². The fraction of sp³-hybridized carbons (Fsp3) is 0.793. The third-order valence-corrected chi connectivity index (χ3v) is 5.64. The van der Waals surface area contributed by atoms with Crippen molar-refractivity contribution in [1.82, 2.24) is 0 Å². The highest BCUT2D eigenvalue weighted by Crippen LogP contribution is 2.13. The minimum absolute atomic E-state index is 0.224. The fourth-order valence-corrected chi connectivity index (χ4v) is 3.76.